The lowest BCUT2D eigenvalue weighted by molar-refractivity contribution is 0.102. The fourth-order valence-corrected chi connectivity index (χ4v) is 3.80. The Morgan fingerprint density at radius 3 is 2.56 bits per heavy atom. The maximum Gasteiger partial charge on any atom is 0.255 e. The number of carbonyl (C=O) groups excluding carboxylic acids is 1. The molecule has 0 unspecified atom stereocenters. The van der Waals surface area contributed by atoms with Gasteiger partial charge in [0, 0.05) is 43.9 Å². The molecule has 7 nitrogen and oxygen atoms in total. The summed E-state index contributed by atoms with van der Waals surface area (Å²) in [7, 11) is 0. The third kappa shape index (κ3) is 4.78. The monoisotopic (exact) mass is 497 g/mol. The van der Waals surface area contributed by atoms with Gasteiger partial charge in [-0.2, -0.15) is 4.39 Å². The SMILES string of the molecule is O=C(Nc1cc(F)c(Oc2ccc3ncc(N4CCNCC4)nc3c2)c(F)c1F)c1cccc(F)c1. The number of rotatable bonds is 5. The molecule has 0 bridgehead atoms. The molecule has 0 atom stereocenters. The van der Waals surface area contributed by atoms with Crippen molar-refractivity contribution in [1.29, 1.82) is 0 Å². The van der Waals surface area contributed by atoms with Crippen LogP contribution in [-0.4, -0.2) is 42.1 Å². The van der Waals surface area contributed by atoms with Crippen molar-refractivity contribution >= 4 is 28.4 Å². The molecular formula is C25H19F4N5O2. The first-order valence-electron chi connectivity index (χ1n) is 11.0. The van der Waals surface area contributed by atoms with Crippen molar-refractivity contribution in [3.63, 3.8) is 0 Å². The van der Waals surface area contributed by atoms with E-state index in [9.17, 15) is 22.4 Å². The van der Waals surface area contributed by atoms with Gasteiger partial charge < -0.3 is 20.3 Å². The molecule has 5 rings (SSSR count). The minimum atomic E-state index is -1.63. The third-order valence-electron chi connectivity index (χ3n) is 5.61. The Bertz CT molecular complexity index is 1460. The maximum absolute atomic E-state index is 14.8. The summed E-state index contributed by atoms with van der Waals surface area (Å²) >= 11 is 0. The van der Waals surface area contributed by atoms with Crippen molar-refractivity contribution < 1.29 is 27.1 Å². The molecule has 1 fully saturated rings. The summed E-state index contributed by atoms with van der Waals surface area (Å²) < 4.78 is 62.8. The highest BCUT2D eigenvalue weighted by Gasteiger charge is 2.23. The number of amides is 1. The Balaban J connectivity index is 1.40. The van der Waals surface area contributed by atoms with E-state index in [1.807, 2.05) is 5.32 Å². The second kappa shape index (κ2) is 9.78. The van der Waals surface area contributed by atoms with Crippen molar-refractivity contribution in [1.82, 2.24) is 15.3 Å². The quantitative estimate of drug-likeness (QED) is 0.309. The minimum Gasteiger partial charge on any atom is -0.451 e. The predicted octanol–water partition coefficient (Wildman–Crippen LogP) is 4.64. The van der Waals surface area contributed by atoms with E-state index in [-0.39, 0.29) is 11.3 Å². The molecule has 1 aromatic heterocycles. The minimum absolute atomic E-state index is 0.0167. The first-order chi connectivity index (χ1) is 17.4. The van der Waals surface area contributed by atoms with Gasteiger partial charge in [-0.25, -0.2) is 18.2 Å². The molecule has 2 heterocycles. The number of hydrogen-bond acceptors (Lipinski definition) is 6. The van der Waals surface area contributed by atoms with Crippen LogP contribution in [0.1, 0.15) is 10.4 Å². The molecule has 184 valence electrons. The van der Waals surface area contributed by atoms with Crippen LogP contribution in [-0.2, 0) is 0 Å². The molecule has 3 aromatic carbocycles. The summed E-state index contributed by atoms with van der Waals surface area (Å²) in [6.45, 7) is 3.14. The number of anilines is 2. The third-order valence-corrected chi connectivity index (χ3v) is 5.61. The van der Waals surface area contributed by atoms with Crippen LogP contribution in [0, 0.1) is 23.3 Å². The molecule has 36 heavy (non-hydrogen) atoms. The van der Waals surface area contributed by atoms with Gasteiger partial charge in [0.1, 0.15) is 17.4 Å². The number of carbonyl (C=O) groups is 1. The highest BCUT2D eigenvalue weighted by Crippen LogP contribution is 2.34. The van der Waals surface area contributed by atoms with Crippen molar-refractivity contribution in [2.75, 3.05) is 36.4 Å². The number of nitrogens with one attached hydrogen (secondary N) is 2. The predicted molar refractivity (Wildman–Crippen MR) is 125 cm³/mol. The molecule has 2 N–H and O–H groups in total. The lowest BCUT2D eigenvalue weighted by atomic mass is 10.2. The molecule has 1 amide bonds. The fraction of sp³-hybridized carbons (Fsp3) is 0.160. The van der Waals surface area contributed by atoms with Gasteiger partial charge in [-0.05, 0) is 30.3 Å². The number of piperazine rings is 1. The maximum atomic E-state index is 14.8. The zero-order valence-corrected chi connectivity index (χ0v) is 18.7. The summed E-state index contributed by atoms with van der Waals surface area (Å²) in [5, 5.41) is 5.29. The normalized spacial score (nSPS) is 13.6. The average molecular weight is 497 g/mol. The topological polar surface area (TPSA) is 79.4 Å². The summed E-state index contributed by atoms with van der Waals surface area (Å²) in [4.78, 5) is 23.2. The first kappa shape index (κ1) is 23.5. The Morgan fingerprint density at radius 1 is 0.972 bits per heavy atom. The smallest absolute Gasteiger partial charge is 0.255 e. The van der Waals surface area contributed by atoms with Crippen LogP contribution < -0.4 is 20.3 Å². The molecular weight excluding hydrogens is 478 g/mol. The van der Waals surface area contributed by atoms with Gasteiger partial charge in [-0.1, -0.05) is 6.07 Å². The van der Waals surface area contributed by atoms with E-state index < -0.39 is 40.6 Å². The first-order valence-corrected chi connectivity index (χ1v) is 11.0. The average Bonchev–Trinajstić information content (AvgIpc) is 2.89. The number of halogens is 4. The van der Waals surface area contributed by atoms with Crippen molar-refractivity contribution in [3.05, 3.63) is 83.6 Å². The number of aromatic nitrogens is 2. The Morgan fingerprint density at radius 2 is 1.78 bits per heavy atom. The standard InChI is InChI=1S/C25H19F4N5O2/c26-15-3-1-2-14(10-15)25(35)33-20-12-17(27)24(23(29)22(20)28)36-16-4-5-18-19(11-16)32-21(13-31-18)34-8-6-30-7-9-34/h1-5,10-13,30H,6-9H2,(H,33,35). The van der Waals surface area contributed by atoms with E-state index in [0.29, 0.717) is 22.9 Å². The second-order valence-corrected chi connectivity index (χ2v) is 8.05. The van der Waals surface area contributed by atoms with Gasteiger partial charge in [0.15, 0.2) is 11.6 Å². The highest BCUT2D eigenvalue weighted by atomic mass is 19.2. The van der Waals surface area contributed by atoms with E-state index in [1.165, 1.54) is 24.3 Å². The van der Waals surface area contributed by atoms with Crippen molar-refractivity contribution in [2.24, 2.45) is 0 Å². The number of hydrogen-bond donors (Lipinski definition) is 2. The van der Waals surface area contributed by atoms with E-state index in [2.05, 4.69) is 20.2 Å². The van der Waals surface area contributed by atoms with Crippen LogP contribution in [0.5, 0.6) is 11.5 Å². The van der Waals surface area contributed by atoms with Crippen LogP contribution in [0.25, 0.3) is 11.0 Å². The Kier molecular flexibility index (Phi) is 6.38. The van der Waals surface area contributed by atoms with E-state index >= 15 is 0 Å². The van der Waals surface area contributed by atoms with Crippen LogP contribution in [0.15, 0.2) is 54.7 Å². The molecule has 1 aliphatic heterocycles. The van der Waals surface area contributed by atoms with E-state index in [4.69, 9.17) is 4.74 Å². The molecule has 4 aromatic rings. The molecule has 1 saturated heterocycles. The van der Waals surface area contributed by atoms with Crippen LogP contribution in [0.2, 0.25) is 0 Å². The van der Waals surface area contributed by atoms with Crippen LogP contribution in [0.3, 0.4) is 0 Å². The van der Waals surface area contributed by atoms with Gasteiger partial charge in [-0.3, -0.25) is 9.78 Å². The van der Waals surface area contributed by atoms with Gasteiger partial charge in [-0.15, -0.1) is 0 Å². The molecule has 1 aliphatic rings. The van der Waals surface area contributed by atoms with Gasteiger partial charge in [0.2, 0.25) is 11.6 Å². The molecule has 0 saturated carbocycles. The van der Waals surface area contributed by atoms with Gasteiger partial charge in [0.05, 0.1) is 22.9 Å². The zero-order valence-electron chi connectivity index (χ0n) is 18.7. The number of ether oxygens (including phenoxy) is 1. The second-order valence-electron chi connectivity index (χ2n) is 8.05. The summed E-state index contributed by atoms with van der Waals surface area (Å²) in [6.07, 6.45) is 1.65. The molecule has 0 spiro atoms. The van der Waals surface area contributed by atoms with Gasteiger partial charge in [0.25, 0.3) is 5.91 Å². The largest absolute Gasteiger partial charge is 0.451 e. The van der Waals surface area contributed by atoms with Crippen molar-refractivity contribution in [2.45, 2.75) is 0 Å². The van der Waals surface area contributed by atoms with Crippen molar-refractivity contribution in [3.8, 4) is 11.5 Å². The lowest BCUT2D eigenvalue weighted by Gasteiger charge is -2.28. The summed E-state index contributed by atoms with van der Waals surface area (Å²) in [5.74, 6) is -6.35. The zero-order chi connectivity index (χ0) is 25.2. The fourth-order valence-electron chi connectivity index (χ4n) is 3.80. The highest BCUT2D eigenvalue weighted by molar-refractivity contribution is 6.04. The van der Waals surface area contributed by atoms with Crippen LogP contribution >= 0.6 is 0 Å². The molecule has 0 aliphatic carbocycles. The number of benzene rings is 3. The van der Waals surface area contributed by atoms with Gasteiger partial charge >= 0.3 is 0 Å². The summed E-state index contributed by atoms with van der Waals surface area (Å²) in [6, 6.07) is 9.62. The van der Waals surface area contributed by atoms with Crippen LogP contribution in [0.4, 0.5) is 29.1 Å². The molecule has 11 heteroatoms. The Hall–Kier alpha value is -4.25. The van der Waals surface area contributed by atoms with E-state index in [0.717, 1.165) is 38.3 Å². The Labute approximate surface area is 202 Å². The molecule has 0 radical (unpaired) electrons. The number of fused-ring (bicyclic) bond motifs is 1. The summed E-state index contributed by atoms with van der Waals surface area (Å²) in [5.41, 5.74) is 0.0808. The lowest BCUT2D eigenvalue weighted by Crippen LogP contribution is -2.43. The number of nitrogens with zero attached hydrogens (tertiary/aromatic N) is 3. The van der Waals surface area contributed by atoms with E-state index in [1.54, 1.807) is 12.3 Å².